The van der Waals surface area contributed by atoms with E-state index < -0.39 is 0 Å². The summed E-state index contributed by atoms with van der Waals surface area (Å²) in [7, 11) is 2.00. The Labute approximate surface area is 127 Å². The standard InChI is InChI=1S/C18H24N2O/c1-4-10-21-17-11-16(12-20-13-17)14-6-8-15(9-7-14)18(5-2)19-3/h6-9,11-13,18-19H,4-5,10H2,1-3H3. The van der Waals surface area contributed by atoms with Crippen molar-refractivity contribution in [3.05, 3.63) is 48.3 Å². The van der Waals surface area contributed by atoms with Crippen LogP contribution in [0.25, 0.3) is 11.1 Å². The monoisotopic (exact) mass is 284 g/mol. The molecule has 3 heteroatoms. The van der Waals surface area contributed by atoms with Crippen molar-refractivity contribution in [2.75, 3.05) is 13.7 Å². The number of benzene rings is 1. The zero-order valence-corrected chi connectivity index (χ0v) is 13.1. The lowest BCUT2D eigenvalue weighted by atomic mass is 10.0. The topological polar surface area (TPSA) is 34.1 Å². The molecule has 0 bridgehead atoms. The van der Waals surface area contributed by atoms with Crippen LogP contribution in [-0.4, -0.2) is 18.6 Å². The van der Waals surface area contributed by atoms with E-state index in [1.165, 1.54) is 11.1 Å². The van der Waals surface area contributed by atoms with Crippen molar-refractivity contribution in [1.82, 2.24) is 10.3 Å². The van der Waals surface area contributed by atoms with Crippen LogP contribution in [0.3, 0.4) is 0 Å². The maximum atomic E-state index is 5.64. The largest absolute Gasteiger partial charge is 0.492 e. The SMILES string of the molecule is CCCOc1cncc(-c2ccc(C(CC)NC)cc2)c1. The maximum Gasteiger partial charge on any atom is 0.138 e. The first-order chi connectivity index (χ1) is 10.3. The minimum atomic E-state index is 0.413. The summed E-state index contributed by atoms with van der Waals surface area (Å²) >= 11 is 0. The molecular weight excluding hydrogens is 260 g/mol. The lowest BCUT2D eigenvalue weighted by Gasteiger charge is -2.14. The summed E-state index contributed by atoms with van der Waals surface area (Å²) in [6, 6.07) is 11.1. The van der Waals surface area contributed by atoms with Crippen LogP contribution in [0.1, 0.15) is 38.3 Å². The van der Waals surface area contributed by atoms with Crippen molar-refractivity contribution in [3.63, 3.8) is 0 Å². The van der Waals surface area contributed by atoms with Gasteiger partial charge >= 0.3 is 0 Å². The molecule has 112 valence electrons. The average molecular weight is 284 g/mol. The van der Waals surface area contributed by atoms with Gasteiger partial charge in [0.25, 0.3) is 0 Å². The minimum Gasteiger partial charge on any atom is -0.492 e. The summed E-state index contributed by atoms with van der Waals surface area (Å²) in [6.07, 6.45) is 5.73. The Hall–Kier alpha value is -1.87. The Bertz CT molecular complexity index is 547. The second kappa shape index (κ2) is 7.79. The third kappa shape index (κ3) is 4.05. The van der Waals surface area contributed by atoms with Gasteiger partial charge in [-0.15, -0.1) is 0 Å². The molecule has 0 saturated heterocycles. The Kier molecular flexibility index (Phi) is 5.76. The molecule has 1 heterocycles. The minimum absolute atomic E-state index is 0.413. The van der Waals surface area contributed by atoms with Crippen molar-refractivity contribution in [2.45, 2.75) is 32.7 Å². The molecular formula is C18H24N2O. The third-order valence-corrected chi connectivity index (χ3v) is 3.59. The van der Waals surface area contributed by atoms with Gasteiger partial charge in [0.1, 0.15) is 5.75 Å². The second-order valence-corrected chi connectivity index (χ2v) is 5.13. The lowest BCUT2D eigenvalue weighted by Crippen LogP contribution is -2.14. The van der Waals surface area contributed by atoms with Gasteiger partial charge in [0.2, 0.25) is 0 Å². The second-order valence-electron chi connectivity index (χ2n) is 5.13. The molecule has 1 unspecified atom stereocenters. The molecule has 21 heavy (non-hydrogen) atoms. The molecule has 0 aliphatic rings. The Morgan fingerprint density at radius 3 is 2.48 bits per heavy atom. The Balaban J connectivity index is 2.18. The zero-order valence-electron chi connectivity index (χ0n) is 13.1. The summed E-state index contributed by atoms with van der Waals surface area (Å²) in [5.41, 5.74) is 3.57. The predicted octanol–water partition coefficient (Wildman–Crippen LogP) is 4.21. The third-order valence-electron chi connectivity index (χ3n) is 3.59. The first-order valence-corrected chi connectivity index (χ1v) is 7.64. The summed E-state index contributed by atoms with van der Waals surface area (Å²) < 4.78 is 5.64. The molecule has 0 aliphatic carbocycles. The van der Waals surface area contributed by atoms with E-state index in [2.05, 4.69) is 48.4 Å². The molecule has 1 aromatic heterocycles. The predicted molar refractivity (Wildman–Crippen MR) is 87.6 cm³/mol. The summed E-state index contributed by atoms with van der Waals surface area (Å²) in [6.45, 7) is 5.01. The molecule has 0 radical (unpaired) electrons. The summed E-state index contributed by atoms with van der Waals surface area (Å²) in [4.78, 5) is 4.27. The molecule has 0 saturated carbocycles. The molecule has 2 aromatic rings. The molecule has 0 aliphatic heterocycles. The van der Waals surface area contributed by atoms with Gasteiger partial charge in [0.05, 0.1) is 12.8 Å². The van der Waals surface area contributed by atoms with Crippen LogP contribution < -0.4 is 10.1 Å². The van der Waals surface area contributed by atoms with Crippen molar-refractivity contribution < 1.29 is 4.74 Å². The number of hydrogen-bond donors (Lipinski definition) is 1. The van der Waals surface area contributed by atoms with Gasteiger partial charge in [-0.3, -0.25) is 4.98 Å². The summed E-state index contributed by atoms with van der Waals surface area (Å²) in [5, 5.41) is 3.33. The molecule has 1 N–H and O–H groups in total. The van der Waals surface area contributed by atoms with Crippen LogP contribution in [-0.2, 0) is 0 Å². The van der Waals surface area contributed by atoms with E-state index in [0.29, 0.717) is 6.04 Å². The molecule has 1 aromatic carbocycles. The number of nitrogens with zero attached hydrogens (tertiary/aromatic N) is 1. The molecule has 0 spiro atoms. The fourth-order valence-electron chi connectivity index (χ4n) is 2.39. The Morgan fingerprint density at radius 2 is 1.86 bits per heavy atom. The van der Waals surface area contributed by atoms with Gasteiger partial charge in [-0.2, -0.15) is 0 Å². The van der Waals surface area contributed by atoms with Crippen molar-refractivity contribution in [2.24, 2.45) is 0 Å². The number of aromatic nitrogens is 1. The van der Waals surface area contributed by atoms with Gasteiger partial charge in [0, 0.05) is 17.8 Å². The highest BCUT2D eigenvalue weighted by molar-refractivity contribution is 5.64. The van der Waals surface area contributed by atoms with Gasteiger partial charge < -0.3 is 10.1 Å². The van der Waals surface area contributed by atoms with Crippen LogP contribution in [0.2, 0.25) is 0 Å². The van der Waals surface area contributed by atoms with E-state index in [4.69, 9.17) is 4.74 Å². The van der Waals surface area contributed by atoms with Crippen molar-refractivity contribution in [3.8, 4) is 16.9 Å². The molecule has 0 fully saturated rings. The quantitative estimate of drug-likeness (QED) is 0.827. The number of pyridine rings is 1. The highest BCUT2D eigenvalue weighted by atomic mass is 16.5. The van der Waals surface area contributed by atoms with E-state index in [0.717, 1.165) is 30.8 Å². The molecule has 3 nitrogen and oxygen atoms in total. The number of ether oxygens (including phenoxy) is 1. The fourth-order valence-corrected chi connectivity index (χ4v) is 2.39. The first-order valence-electron chi connectivity index (χ1n) is 7.64. The smallest absolute Gasteiger partial charge is 0.138 e. The number of hydrogen-bond acceptors (Lipinski definition) is 3. The van der Waals surface area contributed by atoms with E-state index >= 15 is 0 Å². The normalized spacial score (nSPS) is 12.1. The average Bonchev–Trinajstić information content (AvgIpc) is 2.55. The maximum absolute atomic E-state index is 5.64. The van der Waals surface area contributed by atoms with Gasteiger partial charge in [-0.1, -0.05) is 38.1 Å². The fraction of sp³-hybridized carbons (Fsp3) is 0.389. The van der Waals surface area contributed by atoms with E-state index in [1.54, 1.807) is 6.20 Å². The Morgan fingerprint density at radius 1 is 1.10 bits per heavy atom. The van der Waals surface area contributed by atoms with Crippen molar-refractivity contribution >= 4 is 0 Å². The lowest BCUT2D eigenvalue weighted by molar-refractivity contribution is 0.316. The van der Waals surface area contributed by atoms with E-state index in [1.807, 2.05) is 19.3 Å². The zero-order chi connectivity index (χ0) is 15.1. The van der Waals surface area contributed by atoms with E-state index in [-0.39, 0.29) is 0 Å². The number of nitrogens with one attached hydrogen (secondary N) is 1. The molecule has 0 amide bonds. The highest BCUT2D eigenvalue weighted by Gasteiger charge is 2.07. The summed E-state index contributed by atoms with van der Waals surface area (Å²) in [5.74, 6) is 0.833. The molecule has 2 rings (SSSR count). The van der Waals surface area contributed by atoms with Crippen LogP contribution in [0.15, 0.2) is 42.7 Å². The van der Waals surface area contributed by atoms with Gasteiger partial charge in [0.15, 0.2) is 0 Å². The van der Waals surface area contributed by atoms with E-state index in [9.17, 15) is 0 Å². The van der Waals surface area contributed by atoms with Crippen LogP contribution in [0, 0.1) is 0 Å². The molecule has 1 atom stereocenters. The van der Waals surface area contributed by atoms with Gasteiger partial charge in [-0.25, -0.2) is 0 Å². The van der Waals surface area contributed by atoms with Crippen LogP contribution in [0.4, 0.5) is 0 Å². The van der Waals surface area contributed by atoms with Gasteiger partial charge in [-0.05, 0) is 37.1 Å². The van der Waals surface area contributed by atoms with Crippen LogP contribution in [0.5, 0.6) is 5.75 Å². The van der Waals surface area contributed by atoms with Crippen molar-refractivity contribution in [1.29, 1.82) is 0 Å². The first kappa shape index (κ1) is 15.5. The van der Waals surface area contributed by atoms with Crippen LogP contribution >= 0.6 is 0 Å². The number of rotatable bonds is 7. The highest BCUT2D eigenvalue weighted by Crippen LogP contribution is 2.25.